The van der Waals surface area contributed by atoms with Crippen molar-refractivity contribution in [1.29, 1.82) is 0 Å². The van der Waals surface area contributed by atoms with Crippen molar-refractivity contribution in [2.75, 3.05) is 26.2 Å². The quantitative estimate of drug-likeness (QED) is 0.103. The highest BCUT2D eigenvalue weighted by Gasteiger charge is 2.26. The van der Waals surface area contributed by atoms with Gasteiger partial charge in [0, 0.05) is 28.7 Å². The third kappa shape index (κ3) is 6.89. The Morgan fingerprint density at radius 1 is 0.810 bits per heavy atom. The van der Waals surface area contributed by atoms with Crippen molar-refractivity contribution in [3.63, 3.8) is 0 Å². The van der Waals surface area contributed by atoms with Crippen LogP contribution < -0.4 is 0 Å². The minimum atomic E-state index is 0.0244. The first kappa shape index (κ1) is 30.3. The largest absolute Gasteiger partial charge is 0.334 e. The summed E-state index contributed by atoms with van der Waals surface area (Å²) in [6.45, 7) is 14.6. The van der Waals surface area contributed by atoms with Crippen molar-refractivity contribution in [3.05, 3.63) is 117 Å². The van der Waals surface area contributed by atoms with Crippen LogP contribution in [0.15, 0.2) is 84.9 Å². The lowest BCUT2D eigenvalue weighted by Crippen LogP contribution is -2.47. The molecule has 0 atom stereocenters. The number of rotatable bonds is 12. The zero-order valence-electron chi connectivity index (χ0n) is 25.3. The molecule has 0 aliphatic carbocycles. The molecule has 5 aromatic rings. The van der Waals surface area contributed by atoms with Crippen LogP contribution in [0.4, 0.5) is 0 Å². The number of quaternary nitrogens is 1. The Hall–Kier alpha value is -3.18. The van der Waals surface area contributed by atoms with Gasteiger partial charge in [0.2, 0.25) is 0 Å². The van der Waals surface area contributed by atoms with Gasteiger partial charge in [0.15, 0.2) is 0 Å². The second-order valence-corrected chi connectivity index (χ2v) is 13.1. The van der Waals surface area contributed by atoms with E-state index in [0.29, 0.717) is 23.0 Å². The van der Waals surface area contributed by atoms with E-state index >= 15 is 0 Å². The highest BCUT2D eigenvalue weighted by atomic mass is 35.5. The number of carbonyl (C=O) groups excluding carboxylic acids is 1. The lowest BCUT2D eigenvalue weighted by atomic mass is 10.1. The Balaban J connectivity index is 1.34. The van der Waals surface area contributed by atoms with Crippen LogP contribution >= 0.6 is 22.9 Å². The van der Waals surface area contributed by atoms with E-state index in [4.69, 9.17) is 11.6 Å². The minimum absolute atomic E-state index is 0.0244. The summed E-state index contributed by atoms with van der Waals surface area (Å²) >= 11 is 8.30. The van der Waals surface area contributed by atoms with E-state index in [2.05, 4.69) is 88.4 Å². The molecule has 0 bridgehead atoms. The van der Waals surface area contributed by atoms with Crippen LogP contribution in [0.25, 0.3) is 20.9 Å². The number of carbonyl (C=O) groups is 1. The van der Waals surface area contributed by atoms with Crippen molar-refractivity contribution in [2.45, 2.75) is 53.6 Å². The van der Waals surface area contributed by atoms with Crippen LogP contribution in [0.3, 0.4) is 0 Å². The first-order valence-corrected chi connectivity index (χ1v) is 16.4. The summed E-state index contributed by atoms with van der Waals surface area (Å²) in [6.07, 6.45) is 2.02. The maximum Gasteiger partial charge on any atom is 0.265 e. The molecular weight excluding hydrogens is 556 g/mol. The molecule has 0 saturated carbocycles. The van der Waals surface area contributed by atoms with E-state index < -0.39 is 0 Å². The molecule has 1 heterocycles. The van der Waals surface area contributed by atoms with E-state index in [1.165, 1.54) is 38.8 Å². The molecule has 3 nitrogen and oxygen atoms in total. The summed E-state index contributed by atoms with van der Waals surface area (Å²) in [5.74, 6) is 0.0244. The Bertz CT molecular complexity index is 1670. The van der Waals surface area contributed by atoms with Crippen molar-refractivity contribution in [2.24, 2.45) is 0 Å². The second kappa shape index (κ2) is 13.4. The maximum atomic E-state index is 14.1. The van der Waals surface area contributed by atoms with E-state index in [0.717, 1.165) is 59.2 Å². The monoisotopic (exact) mass is 597 g/mol. The molecule has 0 spiro atoms. The molecular formula is C37H42ClN2OS+. The summed E-state index contributed by atoms with van der Waals surface area (Å²) in [4.78, 5) is 16.7. The Morgan fingerprint density at radius 2 is 1.50 bits per heavy atom. The SMILES string of the molecule is CC[N+](CC)(CCCCN(Cc1ccc2ccccc2c1)C(=O)c1sc2ccccc2c1Cl)Cc1cc(C)cc(C)c1. The summed E-state index contributed by atoms with van der Waals surface area (Å²) < 4.78 is 2.11. The van der Waals surface area contributed by atoms with Crippen LogP contribution in [-0.4, -0.2) is 41.5 Å². The number of halogens is 1. The van der Waals surface area contributed by atoms with Gasteiger partial charge in [-0.2, -0.15) is 0 Å². The predicted octanol–water partition coefficient (Wildman–Crippen LogP) is 9.80. The van der Waals surface area contributed by atoms with Crippen LogP contribution in [0.5, 0.6) is 0 Å². The Labute approximate surface area is 259 Å². The molecule has 0 aliphatic heterocycles. The molecule has 42 heavy (non-hydrogen) atoms. The Kier molecular flexibility index (Phi) is 9.67. The van der Waals surface area contributed by atoms with E-state index in [9.17, 15) is 4.79 Å². The van der Waals surface area contributed by atoms with Crippen LogP contribution in [0, 0.1) is 13.8 Å². The van der Waals surface area contributed by atoms with Gasteiger partial charge in [0.05, 0.1) is 24.7 Å². The number of amides is 1. The molecule has 0 fully saturated rings. The second-order valence-electron chi connectivity index (χ2n) is 11.7. The van der Waals surface area contributed by atoms with Gasteiger partial charge in [0.25, 0.3) is 5.91 Å². The van der Waals surface area contributed by atoms with E-state index in [-0.39, 0.29) is 5.91 Å². The molecule has 1 amide bonds. The highest BCUT2D eigenvalue weighted by molar-refractivity contribution is 7.21. The predicted molar refractivity (Wildman–Crippen MR) is 181 cm³/mol. The number of hydrogen-bond acceptors (Lipinski definition) is 2. The molecule has 218 valence electrons. The van der Waals surface area contributed by atoms with Gasteiger partial charge in [-0.15, -0.1) is 11.3 Å². The van der Waals surface area contributed by atoms with Gasteiger partial charge in [-0.05, 0) is 69.0 Å². The van der Waals surface area contributed by atoms with Gasteiger partial charge in [-0.3, -0.25) is 4.79 Å². The van der Waals surface area contributed by atoms with E-state index in [1.807, 2.05) is 29.2 Å². The number of benzene rings is 4. The van der Waals surface area contributed by atoms with Gasteiger partial charge in [0.1, 0.15) is 11.4 Å². The Morgan fingerprint density at radius 3 is 2.21 bits per heavy atom. The van der Waals surface area contributed by atoms with Crippen LogP contribution in [0.2, 0.25) is 5.02 Å². The number of thiophene rings is 1. The fourth-order valence-electron chi connectivity index (χ4n) is 6.25. The normalized spacial score (nSPS) is 11.8. The molecule has 4 aromatic carbocycles. The van der Waals surface area contributed by atoms with Crippen LogP contribution in [0.1, 0.15) is 58.6 Å². The van der Waals surface area contributed by atoms with Gasteiger partial charge in [-0.25, -0.2) is 0 Å². The summed E-state index contributed by atoms with van der Waals surface area (Å²) in [5, 5.41) is 3.94. The third-order valence-corrected chi connectivity index (χ3v) is 10.3. The van der Waals surface area contributed by atoms with Gasteiger partial charge >= 0.3 is 0 Å². The molecule has 0 saturated heterocycles. The zero-order valence-corrected chi connectivity index (χ0v) is 26.9. The van der Waals surface area contributed by atoms with E-state index in [1.54, 1.807) is 0 Å². The molecule has 0 unspecified atom stereocenters. The standard InChI is InChI=1S/C37H42ClN2OS/c1-5-40(6-2,26-30-22-27(3)21-28(4)23-30)20-12-11-19-39(25-29-17-18-31-13-7-8-14-32(31)24-29)37(41)36-35(38)33-15-9-10-16-34(33)42-36/h7-10,13-18,21-24H,5-6,11-12,19-20,25-26H2,1-4H3/q+1. The zero-order chi connectivity index (χ0) is 29.7. The number of unbranched alkanes of at least 4 members (excludes halogenated alkanes) is 1. The molecule has 0 N–H and O–H groups in total. The molecule has 5 heteroatoms. The van der Waals surface area contributed by atoms with Gasteiger partial charge in [-0.1, -0.05) is 95.5 Å². The maximum absolute atomic E-state index is 14.1. The highest BCUT2D eigenvalue weighted by Crippen LogP contribution is 2.36. The molecule has 0 aliphatic rings. The number of hydrogen-bond donors (Lipinski definition) is 0. The first-order chi connectivity index (χ1) is 20.3. The topological polar surface area (TPSA) is 20.3 Å². The fraction of sp³-hybridized carbons (Fsp3) is 0.324. The first-order valence-electron chi connectivity index (χ1n) is 15.2. The molecule has 1 aromatic heterocycles. The van der Waals surface area contributed by atoms with Crippen LogP contribution in [-0.2, 0) is 13.1 Å². The summed E-state index contributed by atoms with van der Waals surface area (Å²) in [5.41, 5.74) is 5.22. The lowest BCUT2D eigenvalue weighted by molar-refractivity contribution is -0.938. The van der Waals surface area contributed by atoms with Crippen molar-refractivity contribution in [3.8, 4) is 0 Å². The van der Waals surface area contributed by atoms with Crippen molar-refractivity contribution in [1.82, 2.24) is 4.90 Å². The van der Waals surface area contributed by atoms with Crippen molar-refractivity contribution >= 4 is 49.7 Å². The molecule has 0 radical (unpaired) electrons. The lowest BCUT2D eigenvalue weighted by Gasteiger charge is -2.37. The number of nitrogens with zero attached hydrogens (tertiary/aromatic N) is 2. The number of aryl methyl sites for hydroxylation is 2. The van der Waals surface area contributed by atoms with Gasteiger partial charge < -0.3 is 9.38 Å². The molecule has 5 rings (SSSR count). The average molecular weight is 598 g/mol. The van der Waals surface area contributed by atoms with Crippen molar-refractivity contribution < 1.29 is 9.28 Å². The third-order valence-electron chi connectivity index (χ3n) is 8.66. The summed E-state index contributed by atoms with van der Waals surface area (Å²) in [7, 11) is 0. The minimum Gasteiger partial charge on any atom is -0.334 e. The average Bonchev–Trinajstić information content (AvgIpc) is 3.33. The number of fused-ring (bicyclic) bond motifs is 2. The fourth-order valence-corrected chi connectivity index (χ4v) is 7.73. The smallest absolute Gasteiger partial charge is 0.265 e. The summed E-state index contributed by atoms with van der Waals surface area (Å²) in [6, 6.07) is 29.8.